The van der Waals surface area contributed by atoms with Gasteiger partial charge in [-0.15, -0.1) is 0 Å². The van der Waals surface area contributed by atoms with E-state index in [9.17, 15) is 4.79 Å². The molecule has 5 heteroatoms. The van der Waals surface area contributed by atoms with E-state index < -0.39 is 0 Å². The minimum atomic E-state index is -0.179. The monoisotopic (exact) mass is 488 g/mol. The van der Waals surface area contributed by atoms with E-state index in [1.54, 1.807) is 24.3 Å². The van der Waals surface area contributed by atoms with Gasteiger partial charge in [-0.2, -0.15) is 0 Å². The fourth-order valence-electron chi connectivity index (χ4n) is 4.00. The van der Waals surface area contributed by atoms with Crippen molar-refractivity contribution in [1.82, 2.24) is 4.90 Å². The number of hydrogen-bond donors (Lipinski definition) is 1. The first kappa shape index (κ1) is 23.9. The van der Waals surface area contributed by atoms with E-state index in [0.717, 1.165) is 12.0 Å². The SMILES string of the molecule is O=C(Nc1ccc(Cl)cc1)N(CCC(c1ccccc1)c1ccccc1)Cc1ccccc1Cl. The molecule has 0 aliphatic heterocycles. The second-order valence-corrected chi connectivity index (χ2v) is 8.96. The molecule has 3 nitrogen and oxygen atoms in total. The van der Waals surface area contributed by atoms with Crippen LogP contribution < -0.4 is 5.32 Å². The summed E-state index contributed by atoms with van der Waals surface area (Å²) in [6.07, 6.45) is 0.770. The Labute approximate surface area is 211 Å². The Balaban J connectivity index is 1.57. The van der Waals surface area contributed by atoms with E-state index >= 15 is 0 Å². The fourth-order valence-corrected chi connectivity index (χ4v) is 4.32. The Morgan fingerprint density at radius 3 is 1.88 bits per heavy atom. The number of carbonyl (C=O) groups is 1. The predicted molar refractivity (Wildman–Crippen MR) is 142 cm³/mol. The van der Waals surface area contributed by atoms with E-state index in [-0.39, 0.29) is 11.9 Å². The number of anilines is 1. The minimum Gasteiger partial charge on any atom is -0.320 e. The van der Waals surface area contributed by atoms with Crippen molar-refractivity contribution in [3.63, 3.8) is 0 Å². The van der Waals surface area contributed by atoms with Gasteiger partial charge in [-0.1, -0.05) is 102 Å². The van der Waals surface area contributed by atoms with Gasteiger partial charge >= 0.3 is 6.03 Å². The molecule has 0 radical (unpaired) electrons. The highest BCUT2D eigenvalue weighted by Gasteiger charge is 2.20. The second-order valence-electron chi connectivity index (χ2n) is 8.11. The van der Waals surface area contributed by atoms with E-state index in [1.807, 2.05) is 41.3 Å². The molecule has 0 unspecified atom stereocenters. The third-order valence-corrected chi connectivity index (χ3v) is 6.41. The Morgan fingerprint density at radius 2 is 1.29 bits per heavy atom. The zero-order valence-corrected chi connectivity index (χ0v) is 20.2. The molecule has 0 saturated carbocycles. The lowest BCUT2D eigenvalue weighted by Gasteiger charge is -2.27. The smallest absolute Gasteiger partial charge is 0.320 e. The number of carbonyl (C=O) groups excluding carboxylic acids is 1. The summed E-state index contributed by atoms with van der Waals surface area (Å²) in [5.41, 5.74) is 4.06. The Morgan fingerprint density at radius 1 is 0.735 bits per heavy atom. The van der Waals surface area contributed by atoms with Crippen LogP contribution in [-0.2, 0) is 6.54 Å². The number of benzene rings is 4. The lowest BCUT2D eigenvalue weighted by molar-refractivity contribution is 0.207. The number of amides is 2. The van der Waals surface area contributed by atoms with Crippen LogP contribution in [0.3, 0.4) is 0 Å². The molecule has 2 amide bonds. The van der Waals surface area contributed by atoms with Crippen molar-refractivity contribution in [2.24, 2.45) is 0 Å². The van der Waals surface area contributed by atoms with Crippen molar-refractivity contribution in [1.29, 1.82) is 0 Å². The van der Waals surface area contributed by atoms with Gasteiger partial charge in [0.2, 0.25) is 0 Å². The first-order valence-corrected chi connectivity index (χ1v) is 12.0. The molecule has 34 heavy (non-hydrogen) atoms. The van der Waals surface area contributed by atoms with Crippen molar-refractivity contribution >= 4 is 34.9 Å². The topological polar surface area (TPSA) is 32.3 Å². The number of halogens is 2. The molecule has 4 aromatic rings. The molecule has 0 aliphatic rings. The number of nitrogens with zero attached hydrogens (tertiary/aromatic N) is 1. The zero-order chi connectivity index (χ0) is 23.8. The molecule has 1 N–H and O–H groups in total. The summed E-state index contributed by atoms with van der Waals surface area (Å²) in [4.78, 5) is 15.2. The third kappa shape index (κ3) is 6.40. The highest BCUT2D eigenvalue weighted by atomic mass is 35.5. The van der Waals surface area contributed by atoms with Gasteiger partial charge in [0.25, 0.3) is 0 Å². The summed E-state index contributed by atoms with van der Waals surface area (Å²) in [5.74, 6) is 0.166. The van der Waals surface area contributed by atoms with Crippen LogP contribution in [0.4, 0.5) is 10.5 Å². The first-order valence-electron chi connectivity index (χ1n) is 11.2. The molecule has 4 aromatic carbocycles. The van der Waals surface area contributed by atoms with Gasteiger partial charge in [-0.25, -0.2) is 4.79 Å². The molecule has 0 aromatic heterocycles. The number of hydrogen-bond acceptors (Lipinski definition) is 1. The average molecular weight is 489 g/mol. The Hall–Kier alpha value is -3.27. The summed E-state index contributed by atoms with van der Waals surface area (Å²) in [6.45, 7) is 0.967. The van der Waals surface area contributed by atoms with Crippen molar-refractivity contribution in [3.05, 3.63) is 136 Å². The molecule has 0 aliphatic carbocycles. The third-order valence-electron chi connectivity index (χ3n) is 5.79. The maximum absolute atomic E-state index is 13.3. The molecule has 0 heterocycles. The van der Waals surface area contributed by atoms with Crippen LogP contribution in [0.1, 0.15) is 29.0 Å². The summed E-state index contributed by atoms with van der Waals surface area (Å²) in [5, 5.41) is 4.27. The predicted octanol–water partition coefficient (Wildman–Crippen LogP) is 8.25. The van der Waals surface area contributed by atoms with Crippen LogP contribution in [0.2, 0.25) is 10.0 Å². The molecule has 4 rings (SSSR count). The van der Waals surface area contributed by atoms with E-state index in [1.165, 1.54) is 11.1 Å². The normalized spacial score (nSPS) is 10.8. The highest BCUT2D eigenvalue weighted by molar-refractivity contribution is 6.31. The zero-order valence-electron chi connectivity index (χ0n) is 18.7. The number of nitrogens with one attached hydrogen (secondary N) is 1. The van der Waals surface area contributed by atoms with Crippen LogP contribution in [0.25, 0.3) is 0 Å². The maximum Gasteiger partial charge on any atom is 0.322 e. The molecule has 0 fully saturated rings. The van der Waals surface area contributed by atoms with Crippen LogP contribution in [-0.4, -0.2) is 17.5 Å². The van der Waals surface area contributed by atoms with E-state index in [4.69, 9.17) is 23.2 Å². The van der Waals surface area contributed by atoms with Gasteiger partial charge in [0.1, 0.15) is 0 Å². The molecule has 0 bridgehead atoms. The van der Waals surface area contributed by atoms with Gasteiger partial charge in [0.05, 0.1) is 0 Å². The largest absolute Gasteiger partial charge is 0.322 e. The van der Waals surface area contributed by atoms with E-state index in [0.29, 0.717) is 28.8 Å². The second kappa shape index (κ2) is 11.7. The van der Waals surface area contributed by atoms with Crippen LogP contribution in [0, 0.1) is 0 Å². The van der Waals surface area contributed by atoms with Gasteiger partial charge in [-0.3, -0.25) is 0 Å². The fraction of sp³-hybridized carbons (Fsp3) is 0.138. The Kier molecular flexibility index (Phi) is 8.24. The van der Waals surface area contributed by atoms with Crippen molar-refractivity contribution in [3.8, 4) is 0 Å². The first-order chi connectivity index (χ1) is 16.6. The maximum atomic E-state index is 13.3. The summed E-state index contributed by atoms with van der Waals surface area (Å²) >= 11 is 12.4. The van der Waals surface area contributed by atoms with Gasteiger partial charge in [0, 0.05) is 34.7 Å². The number of urea groups is 1. The summed E-state index contributed by atoms with van der Waals surface area (Å²) in [6, 6.07) is 35.4. The molecular weight excluding hydrogens is 463 g/mol. The highest BCUT2D eigenvalue weighted by Crippen LogP contribution is 2.29. The summed E-state index contributed by atoms with van der Waals surface area (Å²) in [7, 11) is 0. The number of rotatable bonds is 8. The molecule has 172 valence electrons. The quantitative estimate of drug-likeness (QED) is 0.266. The molecule has 0 spiro atoms. The van der Waals surface area contributed by atoms with Crippen LogP contribution in [0.5, 0.6) is 0 Å². The van der Waals surface area contributed by atoms with E-state index in [2.05, 4.69) is 53.8 Å². The van der Waals surface area contributed by atoms with Crippen LogP contribution in [0.15, 0.2) is 109 Å². The van der Waals surface area contributed by atoms with Crippen molar-refractivity contribution in [2.45, 2.75) is 18.9 Å². The average Bonchev–Trinajstić information content (AvgIpc) is 2.87. The van der Waals surface area contributed by atoms with Crippen molar-refractivity contribution in [2.75, 3.05) is 11.9 Å². The minimum absolute atomic E-state index is 0.166. The molecular formula is C29H26Cl2N2O. The van der Waals surface area contributed by atoms with Gasteiger partial charge < -0.3 is 10.2 Å². The van der Waals surface area contributed by atoms with Crippen LogP contribution >= 0.6 is 23.2 Å². The molecule has 0 saturated heterocycles. The van der Waals surface area contributed by atoms with Gasteiger partial charge in [0.15, 0.2) is 0 Å². The lowest BCUT2D eigenvalue weighted by Crippen LogP contribution is -2.36. The van der Waals surface area contributed by atoms with Crippen molar-refractivity contribution < 1.29 is 4.79 Å². The summed E-state index contributed by atoms with van der Waals surface area (Å²) < 4.78 is 0. The van der Waals surface area contributed by atoms with Gasteiger partial charge in [-0.05, 0) is 53.4 Å². The standard InChI is InChI=1S/C29H26Cl2N2O/c30-25-15-17-26(18-16-25)32-29(34)33(21-24-13-7-8-14-28(24)31)20-19-27(22-9-3-1-4-10-22)23-11-5-2-6-12-23/h1-18,27H,19-21H2,(H,32,34). The lowest BCUT2D eigenvalue weighted by atomic mass is 9.88. The molecule has 0 atom stereocenters. The Bertz CT molecular complexity index is 1160.